The highest BCUT2D eigenvalue weighted by Gasteiger charge is 1.68. The third-order valence-electron chi connectivity index (χ3n) is 1.31. The first kappa shape index (κ1) is 11.7. The molecular formula is C13H17. The quantitative estimate of drug-likeness (QED) is 0.532. The van der Waals surface area contributed by atoms with Crippen molar-refractivity contribution in [1.82, 2.24) is 0 Å². The molecule has 0 fully saturated rings. The summed E-state index contributed by atoms with van der Waals surface area (Å²) in [6, 6.07) is 0. The topological polar surface area (TPSA) is 0 Å². The van der Waals surface area contributed by atoms with Gasteiger partial charge in [0.1, 0.15) is 0 Å². The van der Waals surface area contributed by atoms with Gasteiger partial charge in [-0.3, -0.25) is 0 Å². The van der Waals surface area contributed by atoms with Crippen molar-refractivity contribution in [3.63, 3.8) is 0 Å². The number of unbranched alkanes of at least 4 members (excludes halogenated alkanes) is 1. The van der Waals surface area contributed by atoms with Crippen LogP contribution in [0.2, 0.25) is 0 Å². The van der Waals surface area contributed by atoms with Crippen molar-refractivity contribution in [1.29, 1.82) is 0 Å². The lowest BCUT2D eigenvalue weighted by atomic mass is 10.3. The van der Waals surface area contributed by atoms with E-state index >= 15 is 0 Å². The van der Waals surface area contributed by atoms with Crippen LogP contribution in [-0.4, -0.2) is 0 Å². The molecule has 0 saturated carbocycles. The predicted molar refractivity (Wildman–Crippen MR) is 61.3 cm³/mol. The molecule has 0 bridgehead atoms. The molecule has 69 valence electrons. The van der Waals surface area contributed by atoms with Crippen LogP contribution >= 0.6 is 0 Å². The molecule has 0 heterocycles. The molecule has 1 radical (unpaired) electrons. The summed E-state index contributed by atoms with van der Waals surface area (Å²) < 4.78 is 0. The van der Waals surface area contributed by atoms with Gasteiger partial charge in [-0.2, -0.15) is 0 Å². The summed E-state index contributed by atoms with van der Waals surface area (Å²) in [5.74, 6) is 0. The highest BCUT2D eigenvalue weighted by Crippen LogP contribution is 1.88. The molecule has 0 atom stereocenters. The highest BCUT2D eigenvalue weighted by atomic mass is 13.7. The minimum absolute atomic E-state index is 0.961. The van der Waals surface area contributed by atoms with Crippen LogP contribution in [0, 0.1) is 6.92 Å². The molecule has 0 aromatic heterocycles. The van der Waals surface area contributed by atoms with Crippen molar-refractivity contribution in [2.75, 3.05) is 0 Å². The third-order valence-corrected chi connectivity index (χ3v) is 1.31. The first-order valence-electron chi connectivity index (χ1n) is 4.48. The van der Waals surface area contributed by atoms with E-state index in [0.717, 1.165) is 12.8 Å². The Morgan fingerprint density at radius 2 is 1.31 bits per heavy atom. The monoisotopic (exact) mass is 173 g/mol. The van der Waals surface area contributed by atoms with Crippen molar-refractivity contribution < 1.29 is 0 Å². The fourth-order valence-corrected chi connectivity index (χ4v) is 0.692. The van der Waals surface area contributed by atoms with Crippen molar-refractivity contribution in [3.05, 3.63) is 68.2 Å². The van der Waals surface area contributed by atoms with Crippen LogP contribution in [0.5, 0.6) is 0 Å². The van der Waals surface area contributed by atoms with Crippen molar-refractivity contribution in [3.8, 4) is 0 Å². The summed E-state index contributed by atoms with van der Waals surface area (Å²) in [6.07, 6.45) is 19.7. The van der Waals surface area contributed by atoms with Gasteiger partial charge in [-0.1, -0.05) is 68.2 Å². The van der Waals surface area contributed by atoms with Gasteiger partial charge < -0.3 is 0 Å². The van der Waals surface area contributed by atoms with Crippen LogP contribution in [0.1, 0.15) is 12.8 Å². The first-order valence-corrected chi connectivity index (χ1v) is 4.48. The Kier molecular flexibility index (Phi) is 9.63. The number of rotatable bonds is 6. The van der Waals surface area contributed by atoms with Crippen LogP contribution in [0.3, 0.4) is 0 Å². The lowest BCUT2D eigenvalue weighted by molar-refractivity contribution is 1.05. The fourth-order valence-electron chi connectivity index (χ4n) is 0.692. The van der Waals surface area contributed by atoms with Crippen LogP contribution in [-0.2, 0) is 0 Å². The maximum absolute atomic E-state index is 3.75. The fraction of sp³-hybridized carbons (Fsp3) is 0.154. The van der Waals surface area contributed by atoms with Crippen LogP contribution in [0.25, 0.3) is 0 Å². The molecule has 0 aromatic rings. The molecule has 0 N–H and O–H groups in total. The summed E-state index contributed by atoms with van der Waals surface area (Å²) >= 11 is 0. The Morgan fingerprint density at radius 1 is 0.769 bits per heavy atom. The van der Waals surface area contributed by atoms with Crippen LogP contribution < -0.4 is 0 Å². The van der Waals surface area contributed by atoms with E-state index in [1.165, 1.54) is 0 Å². The number of allylic oxidation sites excluding steroid dienone is 9. The van der Waals surface area contributed by atoms with Gasteiger partial charge >= 0.3 is 0 Å². The molecule has 0 nitrogen and oxygen atoms in total. The van der Waals surface area contributed by atoms with E-state index in [4.69, 9.17) is 0 Å². The summed E-state index contributed by atoms with van der Waals surface area (Å²) in [5, 5.41) is 0. The first-order chi connectivity index (χ1) is 6.41. The zero-order chi connectivity index (χ0) is 9.78. The average Bonchev–Trinajstić information content (AvgIpc) is 2.16. The molecule has 0 aliphatic rings. The van der Waals surface area contributed by atoms with Crippen LogP contribution in [0.4, 0.5) is 0 Å². The van der Waals surface area contributed by atoms with Gasteiger partial charge in [-0.05, 0) is 12.8 Å². The molecule has 0 rings (SSSR count). The SMILES string of the molecule is [CH2]CCC=CC=CC=CC=CC=C. The standard InChI is InChI=1S/C13H17/c1-3-5-7-9-11-13-12-10-8-6-4-2/h3,5,7-13H,1-2,4,6H2. The Balaban J connectivity index is 3.56. The predicted octanol–water partition coefficient (Wildman–Crippen LogP) is 4.01. The van der Waals surface area contributed by atoms with Gasteiger partial charge in [0.2, 0.25) is 0 Å². The van der Waals surface area contributed by atoms with Crippen LogP contribution in [0.15, 0.2) is 61.3 Å². The van der Waals surface area contributed by atoms with Crippen molar-refractivity contribution in [2.24, 2.45) is 0 Å². The smallest absolute Gasteiger partial charge is 0.0348 e. The Labute approximate surface area is 81.7 Å². The lowest BCUT2D eigenvalue weighted by Crippen LogP contribution is -1.58. The van der Waals surface area contributed by atoms with E-state index in [2.05, 4.69) is 19.6 Å². The van der Waals surface area contributed by atoms with E-state index < -0.39 is 0 Å². The molecule has 0 amide bonds. The van der Waals surface area contributed by atoms with Gasteiger partial charge in [0.15, 0.2) is 0 Å². The number of hydrogen-bond acceptors (Lipinski definition) is 0. The molecule has 0 aliphatic carbocycles. The van der Waals surface area contributed by atoms with Gasteiger partial charge in [0, 0.05) is 0 Å². The second-order valence-electron chi connectivity index (χ2n) is 2.46. The molecule has 0 saturated heterocycles. The van der Waals surface area contributed by atoms with Crippen molar-refractivity contribution >= 4 is 0 Å². The maximum atomic E-state index is 3.75. The van der Waals surface area contributed by atoms with Gasteiger partial charge in [-0.15, -0.1) is 0 Å². The summed E-state index contributed by atoms with van der Waals surface area (Å²) in [6.45, 7) is 7.32. The second-order valence-corrected chi connectivity index (χ2v) is 2.46. The van der Waals surface area contributed by atoms with E-state index in [0.29, 0.717) is 0 Å². The largest absolute Gasteiger partial charge is 0.0991 e. The normalized spacial score (nSPS) is 12.7. The number of hydrogen-bond donors (Lipinski definition) is 0. The maximum Gasteiger partial charge on any atom is -0.0348 e. The second kappa shape index (κ2) is 10.7. The molecule has 0 spiro atoms. The Hall–Kier alpha value is -1.30. The Bertz CT molecular complexity index is 214. The molecular weight excluding hydrogens is 156 g/mol. The minimum Gasteiger partial charge on any atom is -0.0991 e. The van der Waals surface area contributed by atoms with Crippen molar-refractivity contribution in [2.45, 2.75) is 12.8 Å². The van der Waals surface area contributed by atoms with E-state index in [9.17, 15) is 0 Å². The van der Waals surface area contributed by atoms with E-state index in [-0.39, 0.29) is 0 Å². The summed E-state index contributed by atoms with van der Waals surface area (Å²) in [4.78, 5) is 0. The zero-order valence-electron chi connectivity index (χ0n) is 8.02. The molecule has 0 aromatic carbocycles. The molecule has 0 unspecified atom stereocenters. The van der Waals surface area contributed by atoms with Gasteiger partial charge in [0.05, 0.1) is 0 Å². The lowest BCUT2D eigenvalue weighted by Gasteiger charge is -1.79. The minimum atomic E-state index is 0.961. The summed E-state index contributed by atoms with van der Waals surface area (Å²) in [7, 11) is 0. The van der Waals surface area contributed by atoms with Gasteiger partial charge in [0.25, 0.3) is 0 Å². The third kappa shape index (κ3) is 10.7. The average molecular weight is 173 g/mol. The highest BCUT2D eigenvalue weighted by molar-refractivity contribution is 5.17. The molecule has 0 aliphatic heterocycles. The summed E-state index contributed by atoms with van der Waals surface area (Å²) in [5.41, 5.74) is 0. The van der Waals surface area contributed by atoms with E-state index in [1.54, 1.807) is 6.08 Å². The molecule has 0 heteroatoms. The zero-order valence-corrected chi connectivity index (χ0v) is 8.02. The Morgan fingerprint density at radius 3 is 1.85 bits per heavy atom. The molecule has 13 heavy (non-hydrogen) atoms. The van der Waals surface area contributed by atoms with Gasteiger partial charge in [-0.25, -0.2) is 0 Å². The van der Waals surface area contributed by atoms with E-state index in [1.807, 2.05) is 42.5 Å².